The molecule has 0 aromatic heterocycles. The zero-order chi connectivity index (χ0) is 18.2. The number of piperidine rings is 1. The molecule has 6 nitrogen and oxygen atoms in total. The van der Waals surface area contributed by atoms with Crippen molar-refractivity contribution in [3.8, 4) is 5.75 Å². The number of rotatable bonds is 6. The SMILES string of the molecule is CC(Oc1cccc(S(C)(=O)=O)c1)C1CCN(S(=O)(=O)C2CC2)CC1. The van der Waals surface area contributed by atoms with Crippen molar-refractivity contribution in [3.63, 3.8) is 0 Å². The molecule has 1 aromatic rings. The van der Waals surface area contributed by atoms with Crippen LogP contribution < -0.4 is 4.74 Å². The van der Waals surface area contributed by atoms with E-state index in [1.165, 1.54) is 6.26 Å². The fourth-order valence-corrected chi connectivity index (χ4v) is 5.79. The lowest BCUT2D eigenvalue weighted by molar-refractivity contribution is 0.111. The zero-order valence-corrected chi connectivity index (χ0v) is 16.2. The molecule has 0 N–H and O–H groups in total. The van der Waals surface area contributed by atoms with Crippen LogP contribution in [0.5, 0.6) is 5.75 Å². The van der Waals surface area contributed by atoms with E-state index in [0.29, 0.717) is 18.8 Å². The molecule has 3 rings (SSSR count). The van der Waals surface area contributed by atoms with Gasteiger partial charge >= 0.3 is 0 Å². The van der Waals surface area contributed by atoms with Gasteiger partial charge in [0.1, 0.15) is 5.75 Å². The Bertz CT molecular complexity index is 822. The second-order valence-electron chi connectivity index (χ2n) is 7.05. The minimum absolute atomic E-state index is 0.0967. The topological polar surface area (TPSA) is 80.8 Å². The van der Waals surface area contributed by atoms with Crippen LogP contribution in [0.4, 0.5) is 0 Å². The Labute approximate surface area is 150 Å². The van der Waals surface area contributed by atoms with E-state index in [9.17, 15) is 16.8 Å². The van der Waals surface area contributed by atoms with Crippen molar-refractivity contribution in [2.45, 2.75) is 48.9 Å². The van der Waals surface area contributed by atoms with E-state index in [4.69, 9.17) is 4.74 Å². The highest BCUT2D eigenvalue weighted by Gasteiger charge is 2.41. The summed E-state index contributed by atoms with van der Waals surface area (Å²) in [5.74, 6) is 0.788. The molecule has 1 unspecified atom stereocenters. The van der Waals surface area contributed by atoms with E-state index in [1.54, 1.807) is 28.6 Å². The van der Waals surface area contributed by atoms with Crippen LogP contribution in [0.1, 0.15) is 32.6 Å². The summed E-state index contributed by atoms with van der Waals surface area (Å²) in [6, 6.07) is 6.51. The predicted molar refractivity (Wildman–Crippen MR) is 95.9 cm³/mol. The fourth-order valence-electron chi connectivity index (χ4n) is 3.27. The molecule has 0 radical (unpaired) electrons. The highest BCUT2D eigenvalue weighted by Crippen LogP contribution is 2.34. The first-order valence-corrected chi connectivity index (χ1v) is 12.0. The van der Waals surface area contributed by atoms with E-state index < -0.39 is 19.9 Å². The second kappa shape index (κ2) is 6.89. The van der Waals surface area contributed by atoms with E-state index in [2.05, 4.69) is 0 Å². The number of benzene rings is 1. The molecule has 1 saturated carbocycles. The summed E-state index contributed by atoms with van der Waals surface area (Å²) in [4.78, 5) is 0.238. The Morgan fingerprint density at radius 1 is 1.08 bits per heavy atom. The van der Waals surface area contributed by atoms with E-state index >= 15 is 0 Å². The maximum atomic E-state index is 12.3. The van der Waals surface area contributed by atoms with Crippen LogP contribution in [0.25, 0.3) is 0 Å². The molecule has 25 heavy (non-hydrogen) atoms. The van der Waals surface area contributed by atoms with Crippen LogP contribution in [0, 0.1) is 5.92 Å². The predicted octanol–water partition coefficient (Wildman–Crippen LogP) is 2.06. The third-order valence-corrected chi connectivity index (χ3v) is 8.53. The third-order valence-electron chi connectivity index (χ3n) is 5.02. The van der Waals surface area contributed by atoms with Gasteiger partial charge in [-0.05, 0) is 56.7 Å². The van der Waals surface area contributed by atoms with Crippen molar-refractivity contribution >= 4 is 19.9 Å². The second-order valence-corrected chi connectivity index (χ2v) is 11.3. The normalized spacial score (nSPS) is 21.8. The Hall–Kier alpha value is -1.12. The van der Waals surface area contributed by atoms with E-state index in [0.717, 1.165) is 25.7 Å². The smallest absolute Gasteiger partial charge is 0.216 e. The van der Waals surface area contributed by atoms with Gasteiger partial charge in [0.05, 0.1) is 16.2 Å². The Morgan fingerprint density at radius 3 is 2.28 bits per heavy atom. The molecule has 1 saturated heterocycles. The van der Waals surface area contributed by atoms with Gasteiger partial charge in [0, 0.05) is 19.3 Å². The first-order chi connectivity index (χ1) is 11.7. The summed E-state index contributed by atoms with van der Waals surface area (Å²) in [7, 11) is -6.36. The third kappa shape index (κ3) is 4.35. The Kier molecular flexibility index (Phi) is 5.14. The zero-order valence-electron chi connectivity index (χ0n) is 14.6. The van der Waals surface area contributed by atoms with Gasteiger partial charge in [0.2, 0.25) is 10.0 Å². The molecule has 1 heterocycles. The number of sulfonamides is 1. The number of nitrogens with zero attached hydrogens (tertiary/aromatic N) is 1. The van der Waals surface area contributed by atoms with Crippen LogP contribution in [-0.4, -0.2) is 51.8 Å². The molecule has 1 atom stereocenters. The molecule has 0 amide bonds. The average molecular weight is 388 g/mol. The summed E-state index contributed by atoms with van der Waals surface area (Å²) < 4.78 is 55.4. The Morgan fingerprint density at radius 2 is 1.72 bits per heavy atom. The summed E-state index contributed by atoms with van der Waals surface area (Å²) in [6.07, 6.45) is 4.18. The van der Waals surface area contributed by atoms with Crippen LogP contribution >= 0.6 is 0 Å². The lowest BCUT2D eigenvalue weighted by Gasteiger charge is -2.34. The first kappa shape index (κ1) is 18.7. The van der Waals surface area contributed by atoms with Gasteiger partial charge in [-0.3, -0.25) is 0 Å². The van der Waals surface area contributed by atoms with Crippen molar-refractivity contribution in [2.75, 3.05) is 19.3 Å². The van der Waals surface area contributed by atoms with Gasteiger partial charge in [-0.25, -0.2) is 21.1 Å². The number of sulfone groups is 1. The van der Waals surface area contributed by atoms with Crippen LogP contribution in [-0.2, 0) is 19.9 Å². The minimum Gasteiger partial charge on any atom is -0.490 e. The van der Waals surface area contributed by atoms with Crippen LogP contribution in [0.15, 0.2) is 29.2 Å². The molecule has 140 valence electrons. The molecule has 0 bridgehead atoms. The van der Waals surface area contributed by atoms with Crippen molar-refractivity contribution in [1.29, 1.82) is 0 Å². The maximum absolute atomic E-state index is 12.3. The van der Waals surface area contributed by atoms with E-state index in [1.807, 2.05) is 6.92 Å². The van der Waals surface area contributed by atoms with Crippen molar-refractivity contribution in [2.24, 2.45) is 5.92 Å². The number of hydrogen-bond donors (Lipinski definition) is 0. The summed E-state index contributed by atoms with van der Waals surface area (Å²) >= 11 is 0. The van der Waals surface area contributed by atoms with Gasteiger partial charge in [-0.15, -0.1) is 0 Å². The van der Waals surface area contributed by atoms with Crippen molar-refractivity contribution in [3.05, 3.63) is 24.3 Å². The number of hydrogen-bond acceptors (Lipinski definition) is 5. The molecule has 1 aromatic carbocycles. The van der Waals surface area contributed by atoms with Crippen LogP contribution in [0.2, 0.25) is 0 Å². The molecule has 2 fully saturated rings. The quantitative estimate of drug-likeness (QED) is 0.746. The van der Waals surface area contributed by atoms with Crippen molar-refractivity contribution in [1.82, 2.24) is 4.31 Å². The molecular formula is C17H25NO5S2. The summed E-state index contributed by atoms with van der Waals surface area (Å²) in [6.45, 7) is 3.05. The lowest BCUT2D eigenvalue weighted by atomic mass is 9.93. The molecule has 0 spiro atoms. The first-order valence-electron chi connectivity index (χ1n) is 8.63. The molecule has 1 aliphatic carbocycles. The molecule has 8 heteroatoms. The minimum atomic E-state index is -3.27. The summed E-state index contributed by atoms with van der Waals surface area (Å²) in [5, 5.41) is -0.156. The number of ether oxygens (including phenoxy) is 1. The van der Waals surface area contributed by atoms with E-state index in [-0.39, 0.29) is 22.2 Å². The average Bonchev–Trinajstić information content (AvgIpc) is 3.40. The maximum Gasteiger partial charge on any atom is 0.216 e. The molecule has 1 aliphatic heterocycles. The highest BCUT2D eigenvalue weighted by molar-refractivity contribution is 7.90. The molecular weight excluding hydrogens is 362 g/mol. The van der Waals surface area contributed by atoms with Gasteiger partial charge in [-0.2, -0.15) is 0 Å². The van der Waals surface area contributed by atoms with Crippen LogP contribution in [0.3, 0.4) is 0 Å². The molecule has 2 aliphatic rings. The van der Waals surface area contributed by atoms with Gasteiger partial charge in [0.25, 0.3) is 0 Å². The standard InChI is InChI=1S/C17H25NO5S2/c1-13(23-15-4-3-5-17(12-15)24(2,19)20)14-8-10-18(11-9-14)25(21,22)16-6-7-16/h3-5,12-14,16H,6-11H2,1-2H3. The van der Waals surface area contributed by atoms with Gasteiger partial charge in [-0.1, -0.05) is 6.07 Å². The lowest BCUT2D eigenvalue weighted by Crippen LogP contribution is -2.43. The monoisotopic (exact) mass is 387 g/mol. The largest absolute Gasteiger partial charge is 0.490 e. The Balaban J connectivity index is 1.59. The fraction of sp³-hybridized carbons (Fsp3) is 0.647. The van der Waals surface area contributed by atoms with Gasteiger partial charge in [0.15, 0.2) is 9.84 Å². The van der Waals surface area contributed by atoms with Crippen molar-refractivity contribution < 1.29 is 21.6 Å². The summed E-state index contributed by atoms with van der Waals surface area (Å²) in [5.41, 5.74) is 0. The van der Waals surface area contributed by atoms with Gasteiger partial charge < -0.3 is 4.74 Å². The highest BCUT2D eigenvalue weighted by atomic mass is 32.2.